The summed E-state index contributed by atoms with van der Waals surface area (Å²) in [6.45, 7) is 6.40. The van der Waals surface area contributed by atoms with E-state index in [0.29, 0.717) is 45.0 Å². The minimum Gasteiger partial charge on any atom is -0.450 e. The lowest BCUT2D eigenvalue weighted by Gasteiger charge is -2.35. The van der Waals surface area contributed by atoms with Gasteiger partial charge in [0.05, 0.1) is 30.7 Å². The number of anilines is 2. The van der Waals surface area contributed by atoms with Crippen molar-refractivity contribution in [2.45, 2.75) is 51.2 Å². The fraction of sp³-hybridized carbons (Fsp3) is 0.375. The molecule has 0 bridgehead atoms. The van der Waals surface area contributed by atoms with E-state index in [2.05, 4.69) is 46.1 Å². The van der Waals surface area contributed by atoms with Crippen LogP contribution in [0.15, 0.2) is 37.1 Å². The number of nitrogens with zero attached hydrogens (tertiary/aromatic N) is 8. The maximum absolute atomic E-state index is 10.3. The maximum atomic E-state index is 10.3. The molecule has 5 aromatic heterocycles. The van der Waals surface area contributed by atoms with E-state index in [1.807, 2.05) is 22.4 Å². The molecule has 0 amide bonds. The van der Waals surface area contributed by atoms with Crippen molar-refractivity contribution in [3.63, 3.8) is 0 Å². The van der Waals surface area contributed by atoms with Crippen LogP contribution in [0.4, 0.5) is 11.8 Å². The lowest BCUT2D eigenvalue weighted by Crippen LogP contribution is -2.37. The summed E-state index contributed by atoms with van der Waals surface area (Å²) in [5.74, 6) is 2.08. The number of aryl methyl sites for hydroxylation is 1. The molecule has 11 nitrogen and oxygen atoms in total. The Labute approximate surface area is 211 Å². The molecule has 0 aromatic carbocycles. The van der Waals surface area contributed by atoms with Crippen molar-refractivity contribution in [1.29, 1.82) is 0 Å². The van der Waals surface area contributed by atoms with Crippen LogP contribution in [0.5, 0.6) is 11.5 Å². The molecule has 0 spiro atoms. The highest BCUT2D eigenvalue weighted by molar-refractivity contribution is 6.36. The topological polar surface area (TPSA) is 120 Å². The molecule has 0 saturated heterocycles. The number of imidazole rings is 1. The summed E-state index contributed by atoms with van der Waals surface area (Å²) in [4.78, 5) is 13.2. The molecule has 0 aliphatic heterocycles. The number of pyridine rings is 1. The fourth-order valence-corrected chi connectivity index (χ4v) is 4.74. The number of hydrogen-bond donors (Lipinski definition) is 2. The highest BCUT2D eigenvalue weighted by atomic mass is 35.5. The van der Waals surface area contributed by atoms with Crippen molar-refractivity contribution >= 4 is 40.0 Å². The highest BCUT2D eigenvalue weighted by Gasteiger charge is 2.35. The average Bonchev–Trinajstić information content (AvgIpc) is 3.51. The van der Waals surface area contributed by atoms with Gasteiger partial charge in [-0.1, -0.05) is 32.4 Å². The van der Waals surface area contributed by atoms with Crippen LogP contribution < -0.4 is 10.1 Å². The number of rotatable bonds is 5. The number of aromatic nitrogens is 8. The molecule has 0 unspecified atom stereocenters. The van der Waals surface area contributed by atoms with Gasteiger partial charge in [-0.3, -0.25) is 9.67 Å². The zero-order chi connectivity index (χ0) is 25.2. The number of aliphatic hydroxyl groups is 1. The number of ether oxygens (including phenoxy) is 1. The van der Waals surface area contributed by atoms with Crippen molar-refractivity contribution in [1.82, 2.24) is 38.9 Å². The molecule has 1 aliphatic rings. The summed E-state index contributed by atoms with van der Waals surface area (Å²) in [5.41, 5.74) is 2.71. The molecule has 0 radical (unpaired) electrons. The molecule has 36 heavy (non-hydrogen) atoms. The number of nitrogens with one attached hydrogen (secondary N) is 1. The van der Waals surface area contributed by atoms with E-state index in [4.69, 9.17) is 21.4 Å². The van der Waals surface area contributed by atoms with E-state index in [1.165, 1.54) is 0 Å². The van der Waals surface area contributed by atoms with Crippen LogP contribution in [0.1, 0.15) is 45.3 Å². The Kier molecular flexibility index (Phi) is 5.16. The molecular weight excluding hydrogens is 482 g/mol. The van der Waals surface area contributed by atoms with Crippen LogP contribution in [0.2, 0.25) is 5.02 Å². The van der Waals surface area contributed by atoms with Crippen molar-refractivity contribution in [3.8, 4) is 11.5 Å². The third kappa shape index (κ3) is 3.66. The van der Waals surface area contributed by atoms with E-state index in [9.17, 15) is 5.11 Å². The lowest BCUT2D eigenvalue weighted by molar-refractivity contribution is 0.0227. The summed E-state index contributed by atoms with van der Waals surface area (Å²) >= 11 is 6.76. The van der Waals surface area contributed by atoms with Crippen molar-refractivity contribution in [2.75, 3.05) is 5.32 Å². The van der Waals surface area contributed by atoms with Crippen LogP contribution in [0, 0.1) is 0 Å². The van der Waals surface area contributed by atoms with Crippen LogP contribution in [0.3, 0.4) is 0 Å². The minimum absolute atomic E-state index is 0.0128. The molecule has 1 fully saturated rings. The van der Waals surface area contributed by atoms with Gasteiger partial charge < -0.3 is 19.7 Å². The number of fused-ring (bicyclic) bond motifs is 2. The van der Waals surface area contributed by atoms with E-state index in [0.717, 1.165) is 18.5 Å². The van der Waals surface area contributed by atoms with Gasteiger partial charge in [0.15, 0.2) is 23.0 Å². The second kappa shape index (κ2) is 8.17. The Morgan fingerprint density at radius 2 is 2.00 bits per heavy atom. The first kappa shape index (κ1) is 22.7. The summed E-state index contributed by atoms with van der Waals surface area (Å²) in [7, 11) is 1.85. The molecular formula is C24H26ClN9O2. The van der Waals surface area contributed by atoms with Crippen LogP contribution >= 0.6 is 11.6 Å². The first-order valence-electron chi connectivity index (χ1n) is 11.7. The molecule has 2 atom stereocenters. The zero-order valence-electron chi connectivity index (χ0n) is 20.3. The van der Waals surface area contributed by atoms with E-state index in [1.54, 1.807) is 35.5 Å². The van der Waals surface area contributed by atoms with Crippen LogP contribution in [-0.2, 0) is 12.5 Å². The Morgan fingerprint density at radius 1 is 1.17 bits per heavy atom. The summed E-state index contributed by atoms with van der Waals surface area (Å²) in [6, 6.07) is 1.99. The highest BCUT2D eigenvalue weighted by Crippen LogP contribution is 2.39. The van der Waals surface area contributed by atoms with Gasteiger partial charge in [-0.25, -0.2) is 9.50 Å². The molecule has 1 aliphatic carbocycles. The molecule has 12 heteroatoms. The van der Waals surface area contributed by atoms with Gasteiger partial charge in [-0.2, -0.15) is 15.2 Å². The summed E-state index contributed by atoms with van der Waals surface area (Å²) < 4.78 is 11.5. The normalized spacial score (nSPS) is 18.1. The summed E-state index contributed by atoms with van der Waals surface area (Å²) in [6.07, 6.45) is 9.53. The number of halogens is 1. The molecule has 186 valence electrons. The smallest absolute Gasteiger partial charge is 0.210 e. The van der Waals surface area contributed by atoms with Crippen molar-refractivity contribution < 1.29 is 9.84 Å². The molecule has 1 saturated carbocycles. The van der Waals surface area contributed by atoms with Gasteiger partial charge in [0.1, 0.15) is 16.1 Å². The summed E-state index contributed by atoms with van der Waals surface area (Å²) in [5, 5.41) is 23.0. The third-order valence-electron chi connectivity index (χ3n) is 6.57. The van der Waals surface area contributed by atoms with Gasteiger partial charge in [0, 0.05) is 36.6 Å². The maximum Gasteiger partial charge on any atom is 0.210 e. The van der Waals surface area contributed by atoms with Crippen LogP contribution in [-0.4, -0.2) is 50.1 Å². The third-order valence-corrected chi connectivity index (χ3v) is 6.94. The van der Waals surface area contributed by atoms with Crippen LogP contribution in [0.25, 0.3) is 16.7 Å². The molecule has 5 aromatic rings. The van der Waals surface area contributed by atoms with Crippen molar-refractivity contribution in [2.24, 2.45) is 7.05 Å². The molecule has 2 N–H and O–H groups in total. The lowest BCUT2D eigenvalue weighted by atomic mass is 9.86. The van der Waals surface area contributed by atoms with E-state index in [-0.39, 0.29) is 17.6 Å². The first-order valence-corrected chi connectivity index (χ1v) is 12.1. The van der Waals surface area contributed by atoms with E-state index < -0.39 is 0 Å². The predicted octanol–water partition coefficient (Wildman–Crippen LogP) is 4.39. The zero-order valence-corrected chi connectivity index (χ0v) is 21.1. The van der Waals surface area contributed by atoms with Gasteiger partial charge in [-0.15, -0.1) is 0 Å². The van der Waals surface area contributed by atoms with Gasteiger partial charge >= 0.3 is 0 Å². The second-order valence-corrected chi connectivity index (χ2v) is 10.4. The Balaban J connectivity index is 1.34. The fourth-order valence-electron chi connectivity index (χ4n) is 4.44. The number of aliphatic hydroxyl groups excluding tert-OH is 1. The van der Waals surface area contributed by atoms with Gasteiger partial charge in [0.2, 0.25) is 5.95 Å². The average molecular weight is 508 g/mol. The Morgan fingerprint density at radius 3 is 2.72 bits per heavy atom. The SMILES string of the molecule is Cn1c(Nc2cc(C(C)(C)C)n([C@H]3CC[C@H]3O)n2)nc2ncc(Oc3cnn4ccncc34)c(Cl)c21. The number of hydrogen-bond acceptors (Lipinski definition) is 8. The van der Waals surface area contributed by atoms with Crippen molar-refractivity contribution in [3.05, 3.63) is 47.8 Å². The Bertz CT molecular complexity index is 1600. The molecule has 6 rings (SSSR count). The largest absolute Gasteiger partial charge is 0.450 e. The minimum atomic E-state index is -0.375. The van der Waals surface area contributed by atoms with Gasteiger partial charge in [-0.05, 0) is 12.8 Å². The van der Waals surface area contributed by atoms with E-state index >= 15 is 0 Å². The Hall–Kier alpha value is -3.70. The standard InChI is InChI=1S/C24H26ClN9O2/c1-24(2,3)18-9-19(31-34(18)13-5-6-15(13)35)29-23-30-22-21(32(23)4)20(25)17(11-27-22)36-16-12-28-33-8-7-26-10-14(16)33/h7-13,15,35H,5-6H2,1-4H3,(H,27,29,30,31)/t13-,15+/m0/s1. The predicted molar refractivity (Wildman–Crippen MR) is 135 cm³/mol. The first-order chi connectivity index (χ1) is 17.2. The quantitative estimate of drug-likeness (QED) is 0.359. The molecule has 5 heterocycles. The van der Waals surface area contributed by atoms with Gasteiger partial charge in [0.25, 0.3) is 0 Å². The monoisotopic (exact) mass is 507 g/mol. The second-order valence-electron chi connectivity index (χ2n) is 10.1.